The highest BCUT2D eigenvalue weighted by Gasteiger charge is 2.54. The molecule has 1 aromatic carbocycles. The van der Waals surface area contributed by atoms with Gasteiger partial charge in [0.1, 0.15) is 0 Å². The number of carbonyl (C=O) groups excluding carboxylic acids is 2. The predicted molar refractivity (Wildman–Crippen MR) is 102 cm³/mol. The van der Waals surface area contributed by atoms with Crippen LogP contribution in [-0.2, 0) is 9.59 Å². The molecule has 1 aromatic rings. The smallest absolute Gasteiger partial charge is 0.278 e. The van der Waals surface area contributed by atoms with Crippen molar-refractivity contribution in [1.82, 2.24) is 10.7 Å². The molecular formula is C20H24N4O4. The molecule has 4 aliphatic rings. The second-order valence-corrected chi connectivity index (χ2v) is 8.49. The van der Waals surface area contributed by atoms with Gasteiger partial charge in [-0.15, -0.1) is 0 Å². The molecule has 4 bridgehead atoms. The van der Waals surface area contributed by atoms with E-state index in [2.05, 4.69) is 15.8 Å². The summed E-state index contributed by atoms with van der Waals surface area (Å²) in [6.45, 7) is -0.144. The van der Waals surface area contributed by atoms with Crippen LogP contribution in [0.5, 0.6) is 0 Å². The number of hydrazone groups is 1. The van der Waals surface area contributed by atoms with Gasteiger partial charge in [-0.05, 0) is 62.3 Å². The van der Waals surface area contributed by atoms with Crippen LogP contribution < -0.4 is 10.7 Å². The third kappa shape index (κ3) is 3.63. The molecule has 8 nitrogen and oxygen atoms in total. The summed E-state index contributed by atoms with van der Waals surface area (Å²) in [6.07, 6.45) is 7.85. The quantitative estimate of drug-likeness (QED) is 0.445. The fourth-order valence-corrected chi connectivity index (χ4v) is 5.71. The van der Waals surface area contributed by atoms with Gasteiger partial charge < -0.3 is 5.32 Å². The highest BCUT2D eigenvalue weighted by molar-refractivity contribution is 5.89. The lowest BCUT2D eigenvalue weighted by atomic mass is 9.49. The molecule has 2 amide bonds. The van der Waals surface area contributed by atoms with Gasteiger partial charge in [0, 0.05) is 11.5 Å². The number of carbonyl (C=O) groups is 2. The second kappa shape index (κ2) is 7.33. The summed E-state index contributed by atoms with van der Waals surface area (Å²) in [4.78, 5) is 35.3. The minimum absolute atomic E-state index is 0.00979. The van der Waals surface area contributed by atoms with Crippen molar-refractivity contribution in [3.05, 3.63) is 39.9 Å². The lowest BCUT2D eigenvalue weighted by molar-refractivity contribution is -0.385. The Morgan fingerprint density at radius 2 is 1.75 bits per heavy atom. The fourth-order valence-electron chi connectivity index (χ4n) is 5.71. The van der Waals surface area contributed by atoms with Gasteiger partial charge in [-0.1, -0.05) is 12.1 Å². The van der Waals surface area contributed by atoms with Crippen molar-refractivity contribution in [3.8, 4) is 0 Å². The average Bonchev–Trinajstić information content (AvgIpc) is 2.65. The van der Waals surface area contributed by atoms with Gasteiger partial charge in [-0.3, -0.25) is 19.7 Å². The van der Waals surface area contributed by atoms with E-state index in [1.54, 1.807) is 18.2 Å². The van der Waals surface area contributed by atoms with Crippen LogP contribution in [0.3, 0.4) is 0 Å². The van der Waals surface area contributed by atoms with Gasteiger partial charge in [0.25, 0.3) is 11.6 Å². The molecule has 0 atom stereocenters. The zero-order valence-electron chi connectivity index (χ0n) is 15.6. The van der Waals surface area contributed by atoms with E-state index in [0.29, 0.717) is 23.3 Å². The van der Waals surface area contributed by atoms with Crippen molar-refractivity contribution in [1.29, 1.82) is 0 Å². The number of nitrogens with zero attached hydrogens (tertiary/aromatic N) is 2. The molecule has 4 fully saturated rings. The van der Waals surface area contributed by atoms with E-state index in [1.807, 2.05) is 0 Å². The molecule has 0 saturated heterocycles. The number of nitro benzene ring substituents is 1. The minimum atomic E-state index is -0.505. The molecule has 0 heterocycles. The van der Waals surface area contributed by atoms with Crippen molar-refractivity contribution in [3.63, 3.8) is 0 Å². The third-order valence-electron chi connectivity index (χ3n) is 6.46. The first-order valence-corrected chi connectivity index (χ1v) is 9.79. The molecule has 0 aliphatic heterocycles. The summed E-state index contributed by atoms with van der Waals surface area (Å²) < 4.78 is 0. The van der Waals surface area contributed by atoms with Crippen LogP contribution in [0.15, 0.2) is 29.4 Å². The summed E-state index contributed by atoms with van der Waals surface area (Å²) in [5.74, 6) is 1.53. The van der Waals surface area contributed by atoms with Crippen molar-refractivity contribution in [2.24, 2.45) is 28.3 Å². The molecule has 0 aromatic heterocycles. The van der Waals surface area contributed by atoms with E-state index in [0.717, 1.165) is 19.3 Å². The van der Waals surface area contributed by atoms with E-state index in [9.17, 15) is 19.7 Å². The van der Waals surface area contributed by atoms with Gasteiger partial charge >= 0.3 is 0 Å². The number of nitro groups is 1. The van der Waals surface area contributed by atoms with E-state index in [4.69, 9.17) is 0 Å². The minimum Gasteiger partial charge on any atom is -0.346 e. The monoisotopic (exact) mass is 384 g/mol. The number of benzene rings is 1. The zero-order valence-corrected chi connectivity index (χ0v) is 15.6. The first kappa shape index (κ1) is 18.6. The number of amides is 2. The molecule has 5 rings (SSSR count). The highest BCUT2D eigenvalue weighted by Crippen LogP contribution is 2.60. The molecule has 4 saturated carbocycles. The molecule has 4 aliphatic carbocycles. The first-order chi connectivity index (χ1) is 13.4. The second-order valence-electron chi connectivity index (χ2n) is 8.49. The van der Waals surface area contributed by atoms with Crippen LogP contribution in [0.25, 0.3) is 0 Å². The lowest BCUT2D eigenvalue weighted by Gasteiger charge is -2.55. The van der Waals surface area contributed by atoms with Gasteiger partial charge in [-0.2, -0.15) is 5.10 Å². The van der Waals surface area contributed by atoms with Crippen LogP contribution in [-0.4, -0.2) is 29.5 Å². The maximum atomic E-state index is 12.8. The van der Waals surface area contributed by atoms with Crippen molar-refractivity contribution >= 4 is 23.7 Å². The summed E-state index contributed by atoms with van der Waals surface area (Å²) in [6, 6.07) is 6.13. The Balaban J connectivity index is 1.29. The van der Waals surface area contributed by atoms with Gasteiger partial charge in [0.15, 0.2) is 0 Å². The van der Waals surface area contributed by atoms with Crippen molar-refractivity contribution in [2.75, 3.05) is 6.54 Å². The average molecular weight is 384 g/mol. The SMILES string of the molecule is O=C(CNC(=O)C12CC3CC(CC(C3)C1)C2)N/N=C\c1ccccc1[N+](=O)[O-]. The molecule has 0 unspecified atom stereocenters. The lowest BCUT2D eigenvalue weighted by Crippen LogP contribution is -2.54. The molecule has 2 N–H and O–H groups in total. The van der Waals surface area contributed by atoms with Crippen LogP contribution in [0.1, 0.15) is 44.1 Å². The third-order valence-corrected chi connectivity index (χ3v) is 6.46. The number of hydrogen-bond acceptors (Lipinski definition) is 5. The van der Waals surface area contributed by atoms with E-state index in [-0.39, 0.29) is 23.6 Å². The Hall–Kier alpha value is -2.77. The van der Waals surface area contributed by atoms with Crippen LogP contribution in [0, 0.1) is 33.3 Å². The Kier molecular flexibility index (Phi) is 4.87. The molecular weight excluding hydrogens is 360 g/mol. The number of rotatable bonds is 6. The number of nitrogens with one attached hydrogen (secondary N) is 2. The topological polar surface area (TPSA) is 114 Å². The normalized spacial score (nSPS) is 30.4. The van der Waals surface area contributed by atoms with Crippen LogP contribution in [0.4, 0.5) is 5.69 Å². The van der Waals surface area contributed by atoms with Gasteiger partial charge in [0.05, 0.1) is 23.2 Å². The Morgan fingerprint density at radius 1 is 1.14 bits per heavy atom. The standard InChI is InChI=1S/C20H24N4O4/c25-18(23-22-11-16-3-1-2-4-17(16)24(27)28)12-21-19(26)20-8-13-5-14(9-20)7-15(6-13)10-20/h1-4,11,13-15H,5-10,12H2,(H,21,26)(H,23,25)/b22-11-. The Morgan fingerprint density at radius 3 is 2.36 bits per heavy atom. The molecule has 148 valence electrons. The van der Waals surface area contributed by atoms with Crippen LogP contribution in [0.2, 0.25) is 0 Å². The van der Waals surface area contributed by atoms with Crippen molar-refractivity contribution < 1.29 is 14.5 Å². The Labute approximate surface area is 162 Å². The van der Waals surface area contributed by atoms with Gasteiger partial charge in [0.2, 0.25) is 5.91 Å². The first-order valence-electron chi connectivity index (χ1n) is 9.79. The summed E-state index contributed by atoms with van der Waals surface area (Å²) in [5, 5.41) is 17.5. The fraction of sp³-hybridized carbons (Fsp3) is 0.550. The summed E-state index contributed by atoms with van der Waals surface area (Å²) in [7, 11) is 0. The molecule has 0 radical (unpaired) electrons. The highest BCUT2D eigenvalue weighted by atomic mass is 16.6. The van der Waals surface area contributed by atoms with E-state index >= 15 is 0 Å². The summed E-state index contributed by atoms with van der Waals surface area (Å²) in [5.41, 5.74) is 2.24. The molecule has 8 heteroatoms. The van der Waals surface area contributed by atoms with E-state index in [1.165, 1.54) is 31.5 Å². The summed E-state index contributed by atoms with van der Waals surface area (Å²) >= 11 is 0. The maximum absolute atomic E-state index is 12.8. The number of para-hydroxylation sites is 1. The predicted octanol–water partition coefficient (Wildman–Crippen LogP) is 2.38. The van der Waals surface area contributed by atoms with Crippen LogP contribution >= 0.6 is 0 Å². The van der Waals surface area contributed by atoms with Crippen molar-refractivity contribution in [2.45, 2.75) is 38.5 Å². The largest absolute Gasteiger partial charge is 0.346 e. The van der Waals surface area contributed by atoms with E-state index < -0.39 is 10.8 Å². The Bertz CT molecular complexity index is 800. The number of hydrogen-bond donors (Lipinski definition) is 2. The zero-order chi connectivity index (χ0) is 19.7. The van der Waals surface area contributed by atoms with Gasteiger partial charge in [-0.25, -0.2) is 5.43 Å². The maximum Gasteiger partial charge on any atom is 0.278 e. The molecule has 28 heavy (non-hydrogen) atoms. The molecule has 0 spiro atoms.